The predicted octanol–water partition coefficient (Wildman–Crippen LogP) is 15.5. The fourth-order valence-corrected chi connectivity index (χ4v) is 12.3. The Hall–Kier alpha value is -8.09. The third-order valence-electron chi connectivity index (χ3n) is 15.5. The number of allylic oxidation sites excluding steroid dienone is 2. The van der Waals surface area contributed by atoms with Crippen molar-refractivity contribution in [3.63, 3.8) is 0 Å². The van der Waals surface area contributed by atoms with Crippen molar-refractivity contribution in [3.8, 4) is 39.3 Å². The average molecular weight is 911 g/mol. The SMILES string of the molecule is CC(C)c1cc(-c2ccccc2)cc(C(C)C)c1-n1c2[n+](c3ccccc31)CC1c3cc(F)cc4c5ccccc5n5cc[n+](c5c34)C1/C=C/Cc1ccc3c(oc4cc(-c5ccccc5)ccc43)c1-2. The lowest BCUT2D eigenvalue weighted by Crippen LogP contribution is -2.49. The van der Waals surface area contributed by atoms with Gasteiger partial charge < -0.3 is 4.42 Å². The van der Waals surface area contributed by atoms with Crippen molar-refractivity contribution in [1.82, 2.24) is 8.97 Å². The fourth-order valence-electron chi connectivity index (χ4n) is 12.3. The van der Waals surface area contributed by atoms with Crippen molar-refractivity contribution in [2.24, 2.45) is 0 Å². The first-order chi connectivity index (χ1) is 34.3. The number of benzene rings is 8. The van der Waals surface area contributed by atoms with Crippen LogP contribution >= 0.6 is 0 Å². The third kappa shape index (κ3) is 5.95. The summed E-state index contributed by atoms with van der Waals surface area (Å²) in [6, 6.07) is 58.3. The Morgan fingerprint density at radius 2 is 1.31 bits per heavy atom. The summed E-state index contributed by atoms with van der Waals surface area (Å²) in [4.78, 5) is 0. The number of rotatable bonds is 5. The maximum atomic E-state index is 16.6. The van der Waals surface area contributed by atoms with Crippen molar-refractivity contribution in [2.45, 2.75) is 64.5 Å². The zero-order chi connectivity index (χ0) is 46.9. The zero-order valence-electron chi connectivity index (χ0n) is 39.7. The van der Waals surface area contributed by atoms with Crippen LogP contribution in [0.15, 0.2) is 193 Å². The number of aromatic nitrogens is 4. The minimum absolute atomic E-state index is 0.0957. The van der Waals surface area contributed by atoms with E-state index in [-0.39, 0.29) is 29.6 Å². The summed E-state index contributed by atoms with van der Waals surface area (Å²) >= 11 is 0. The number of fused-ring (bicyclic) bond motifs is 15. The first-order valence-electron chi connectivity index (χ1n) is 24.8. The van der Waals surface area contributed by atoms with Gasteiger partial charge in [-0.1, -0.05) is 143 Å². The molecule has 70 heavy (non-hydrogen) atoms. The van der Waals surface area contributed by atoms with E-state index in [1.807, 2.05) is 6.07 Å². The van der Waals surface area contributed by atoms with Crippen LogP contribution in [0.25, 0.3) is 99.6 Å². The highest BCUT2D eigenvalue weighted by Gasteiger charge is 2.43. The van der Waals surface area contributed by atoms with Gasteiger partial charge in [0.1, 0.15) is 53.1 Å². The molecule has 0 fully saturated rings. The molecule has 2 aliphatic heterocycles. The van der Waals surface area contributed by atoms with E-state index in [4.69, 9.17) is 4.42 Å². The predicted molar refractivity (Wildman–Crippen MR) is 282 cm³/mol. The second-order valence-corrected chi connectivity index (χ2v) is 20.2. The molecule has 2 aliphatic rings. The summed E-state index contributed by atoms with van der Waals surface area (Å²) in [5, 5.41) is 5.27. The number of para-hydroxylation sites is 3. The van der Waals surface area contributed by atoms with Gasteiger partial charge in [-0.05, 0) is 112 Å². The van der Waals surface area contributed by atoms with E-state index in [2.05, 4.69) is 222 Å². The van der Waals surface area contributed by atoms with Crippen LogP contribution in [-0.4, -0.2) is 8.97 Å². The van der Waals surface area contributed by atoms with Gasteiger partial charge in [0.05, 0.1) is 11.3 Å². The monoisotopic (exact) mass is 910 g/mol. The molecular weight excluding hydrogens is 860 g/mol. The van der Waals surface area contributed by atoms with E-state index in [9.17, 15) is 0 Å². The number of hydrogen-bond acceptors (Lipinski definition) is 1. The summed E-state index contributed by atoms with van der Waals surface area (Å²) in [7, 11) is 0. The van der Waals surface area contributed by atoms with Crippen LogP contribution < -0.4 is 9.13 Å². The van der Waals surface area contributed by atoms with Gasteiger partial charge in [-0.15, -0.1) is 0 Å². The molecule has 0 spiro atoms. The Labute approximate surface area is 405 Å². The number of hydrogen-bond donors (Lipinski definition) is 0. The Morgan fingerprint density at radius 1 is 0.629 bits per heavy atom. The largest absolute Gasteiger partial charge is 0.455 e. The van der Waals surface area contributed by atoms with Crippen molar-refractivity contribution in [3.05, 3.63) is 216 Å². The Bertz CT molecular complexity index is 4120. The van der Waals surface area contributed by atoms with Crippen LogP contribution in [0.2, 0.25) is 0 Å². The Morgan fingerprint density at radius 3 is 2.07 bits per heavy atom. The molecular formula is C64H51FN4O+2. The highest BCUT2D eigenvalue weighted by molar-refractivity contribution is 6.13. The summed E-state index contributed by atoms with van der Waals surface area (Å²) in [5.41, 5.74) is 17.9. The fraction of sp³-hybridized carbons (Fsp3) is 0.156. The van der Waals surface area contributed by atoms with Gasteiger partial charge in [0.25, 0.3) is 11.5 Å². The van der Waals surface area contributed by atoms with Gasteiger partial charge in [0, 0.05) is 32.7 Å². The maximum Gasteiger partial charge on any atom is 0.299 e. The molecule has 0 aliphatic carbocycles. The molecule has 12 aromatic rings. The quantitative estimate of drug-likeness (QED) is 0.0961. The molecule has 0 saturated carbocycles. The molecule has 2 unspecified atom stereocenters. The minimum atomic E-state index is -0.213. The second-order valence-electron chi connectivity index (χ2n) is 20.2. The number of halogens is 1. The van der Waals surface area contributed by atoms with Gasteiger partial charge in [-0.25, -0.2) is 13.5 Å². The summed E-state index contributed by atoms with van der Waals surface area (Å²) in [6.45, 7) is 9.89. The molecule has 0 amide bonds. The van der Waals surface area contributed by atoms with Crippen LogP contribution in [0.3, 0.4) is 0 Å². The first-order valence-corrected chi connectivity index (χ1v) is 24.8. The molecule has 0 bridgehead atoms. The molecule has 6 heterocycles. The van der Waals surface area contributed by atoms with Gasteiger partial charge >= 0.3 is 0 Å². The Kier molecular flexibility index (Phi) is 9.04. The number of imidazole rings is 2. The van der Waals surface area contributed by atoms with Crippen molar-refractivity contribution in [2.75, 3.05) is 0 Å². The molecule has 5 nitrogen and oxygen atoms in total. The number of pyridine rings is 1. The van der Waals surface area contributed by atoms with Crippen LogP contribution in [-0.2, 0) is 13.0 Å². The van der Waals surface area contributed by atoms with Gasteiger partial charge in [0.2, 0.25) is 0 Å². The summed E-state index contributed by atoms with van der Waals surface area (Å²) in [6.07, 6.45) is 9.85. The lowest BCUT2D eigenvalue weighted by molar-refractivity contribution is -0.714. The van der Waals surface area contributed by atoms with Crippen molar-refractivity contribution in [1.29, 1.82) is 0 Å². The van der Waals surface area contributed by atoms with Gasteiger partial charge in [0.15, 0.2) is 16.6 Å². The van der Waals surface area contributed by atoms with Crippen LogP contribution in [0.5, 0.6) is 0 Å². The highest BCUT2D eigenvalue weighted by atomic mass is 19.1. The summed E-state index contributed by atoms with van der Waals surface area (Å²) < 4.78 is 33.8. The van der Waals surface area contributed by atoms with Crippen molar-refractivity contribution >= 4 is 60.3 Å². The number of nitrogens with zero attached hydrogens (tertiary/aromatic N) is 4. The second kappa shape index (κ2) is 15.5. The number of furan rings is 1. The van der Waals surface area contributed by atoms with E-state index in [1.54, 1.807) is 6.07 Å². The van der Waals surface area contributed by atoms with Crippen molar-refractivity contribution < 1.29 is 17.9 Å². The highest BCUT2D eigenvalue weighted by Crippen LogP contribution is 2.47. The standard InChI is InChI=1S/C64H51FN4O/c1-38(2)49-32-44(41-18-9-6-10-19-41)33-50(39(3)4)61(49)69-57-24-14-13-23-56(57)68-37-53-52-36-45(65)35-51-46-21-11-12-22-54(46)66-30-31-67(63(66)60(51)52)55(53)25-15-20-42-26-29-48-47-28-27-43(40-16-7-5-8-17-40)34-58(47)70-62(48)59(42)64(68)69/h5-19,21-36,38-39,53,55H,20,37H2,1-4H3/q+2/b25-15+. The molecule has 0 N–H and O–H groups in total. The van der Waals surface area contributed by atoms with Crippen LogP contribution in [0.1, 0.15) is 73.7 Å². The Balaban J connectivity index is 1.12. The van der Waals surface area contributed by atoms with Crippen LogP contribution in [0, 0.1) is 5.82 Å². The molecule has 338 valence electrons. The molecule has 0 radical (unpaired) electrons. The van der Waals surface area contributed by atoms with E-state index in [0.29, 0.717) is 13.0 Å². The lowest BCUT2D eigenvalue weighted by Gasteiger charge is -2.28. The molecule has 8 aromatic carbocycles. The van der Waals surface area contributed by atoms with E-state index in [1.165, 1.54) is 33.5 Å². The van der Waals surface area contributed by atoms with E-state index in [0.717, 1.165) is 88.4 Å². The molecule has 4 aromatic heterocycles. The van der Waals surface area contributed by atoms with Crippen LogP contribution in [0.4, 0.5) is 4.39 Å². The van der Waals surface area contributed by atoms with E-state index >= 15 is 4.39 Å². The molecule has 2 atom stereocenters. The zero-order valence-corrected chi connectivity index (χ0v) is 39.7. The topological polar surface area (TPSA) is 30.2 Å². The van der Waals surface area contributed by atoms with E-state index < -0.39 is 0 Å². The van der Waals surface area contributed by atoms with Gasteiger partial charge in [-0.3, -0.25) is 0 Å². The van der Waals surface area contributed by atoms with Gasteiger partial charge in [-0.2, -0.15) is 8.97 Å². The summed E-state index contributed by atoms with van der Waals surface area (Å²) in [5.74, 6) is 1.11. The third-order valence-corrected chi connectivity index (χ3v) is 15.5. The smallest absolute Gasteiger partial charge is 0.299 e. The first kappa shape index (κ1) is 40.9. The average Bonchev–Trinajstić information content (AvgIpc) is 4.09. The molecule has 6 heteroatoms. The maximum absolute atomic E-state index is 16.6. The minimum Gasteiger partial charge on any atom is -0.455 e. The molecule has 0 saturated heterocycles. The molecule has 14 rings (SSSR count). The normalized spacial score (nSPS) is 16.0. The lowest BCUT2D eigenvalue weighted by atomic mass is 9.83.